The van der Waals surface area contributed by atoms with Gasteiger partial charge in [-0.1, -0.05) is 35.9 Å². The summed E-state index contributed by atoms with van der Waals surface area (Å²) >= 11 is 6.14. The van der Waals surface area contributed by atoms with E-state index in [-0.39, 0.29) is 5.97 Å². The fourth-order valence-corrected chi connectivity index (χ4v) is 2.25. The molecule has 1 atom stereocenters. The number of halogens is 1. The first-order chi connectivity index (χ1) is 9.15. The van der Waals surface area contributed by atoms with Gasteiger partial charge in [-0.05, 0) is 19.1 Å². The normalized spacial score (nSPS) is 18.3. The van der Waals surface area contributed by atoms with Crippen molar-refractivity contribution in [2.24, 2.45) is 0 Å². The smallest absolute Gasteiger partial charge is 0.336 e. The number of carbonyl (C=O) groups excluding carboxylic acids is 1. The first-order valence-corrected chi connectivity index (χ1v) is 6.26. The van der Waals surface area contributed by atoms with Gasteiger partial charge >= 0.3 is 5.97 Å². The van der Waals surface area contributed by atoms with Crippen LogP contribution in [0.1, 0.15) is 6.92 Å². The van der Waals surface area contributed by atoms with Crippen molar-refractivity contribution in [3.05, 3.63) is 53.1 Å². The van der Waals surface area contributed by atoms with Crippen LogP contribution in [0.2, 0.25) is 5.02 Å². The van der Waals surface area contributed by atoms with Crippen LogP contribution >= 0.6 is 11.6 Å². The summed E-state index contributed by atoms with van der Waals surface area (Å²) in [5, 5.41) is 2.47. The van der Waals surface area contributed by atoms with Crippen molar-refractivity contribution in [1.29, 1.82) is 0 Å². The molecule has 3 rings (SSSR count). The zero-order chi connectivity index (χ0) is 13.4. The Labute approximate surface area is 115 Å². The van der Waals surface area contributed by atoms with Crippen LogP contribution in [0.3, 0.4) is 0 Å². The highest BCUT2D eigenvalue weighted by Crippen LogP contribution is 2.32. The van der Waals surface area contributed by atoms with Crippen molar-refractivity contribution in [3.63, 3.8) is 0 Å². The van der Waals surface area contributed by atoms with Crippen molar-refractivity contribution in [2.45, 2.75) is 13.2 Å². The third kappa shape index (κ3) is 2.17. The Balaban J connectivity index is 1.98. The molecule has 3 nitrogen and oxygen atoms in total. The van der Waals surface area contributed by atoms with Crippen LogP contribution in [0.25, 0.3) is 10.8 Å². The molecular formula is C15H11ClO3. The number of cyclic esters (lactones) is 1. The molecular weight excluding hydrogens is 264 g/mol. The molecule has 0 aromatic heterocycles. The molecule has 1 unspecified atom stereocenters. The van der Waals surface area contributed by atoms with Gasteiger partial charge in [-0.25, -0.2) is 4.79 Å². The fourth-order valence-electron chi connectivity index (χ4n) is 2.03. The number of hydrogen-bond donors (Lipinski definition) is 0. The molecule has 0 saturated carbocycles. The topological polar surface area (TPSA) is 35.5 Å². The van der Waals surface area contributed by atoms with Crippen molar-refractivity contribution in [2.75, 3.05) is 0 Å². The van der Waals surface area contributed by atoms with E-state index in [1.54, 1.807) is 25.1 Å². The Kier molecular flexibility index (Phi) is 2.91. The predicted molar refractivity (Wildman–Crippen MR) is 73.2 cm³/mol. The number of carbonyl (C=O) groups is 1. The summed E-state index contributed by atoms with van der Waals surface area (Å²) in [7, 11) is 0. The van der Waals surface area contributed by atoms with Crippen LogP contribution in [-0.2, 0) is 9.53 Å². The molecule has 0 N–H and O–H groups in total. The van der Waals surface area contributed by atoms with Gasteiger partial charge in [0.05, 0.1) is 0 Å². The number of hydrogen-bond acceptors (Lipinski definition) is 3. The average molecular weight is 275 g/mol. The van der Waals surface area contributed by atoms with E-state index in [9.17, 15) is 4.79 Å². The molecule has 1 heterocycles. The van der Waals surface area contributed by atoms with Gasteiger partial charge in [0.1, 0.15) is 5.75 Å². The SMILES string of the molecule is CC1=CC(Oc2ccc(Cl)c3ccccc23)OC1=O. The molecule has 2 aromatic rings. The third-order valence-electron chi connectivity index (χ3n) is 3.01. The van der Waals surface area contributed by atoms with Gasteiger partial charge in [-0.3, -0.25) is 0 Å². The maximum absolute atomic E-state index is 11.3. The van der Waals surface area contributed by atoms with Crippen LogP contribution in [0.15, 0.2) is 48.0 Å². The van der Waals surface area contributed by atoms with Gasteiger partial charge < -0.3 is 9.47 Å². The van der Waals surface area contributed by atoms with Crippen molar-refractivity contribution in [1.82, 2.24) is 0 Å². The lowest BCUT2D eigenvalue weighted by Gasteiger charge is -2.14. The molecule has 4 heteroatoms. The molecule has 96 valence electrons. The Morgan fingerprint density at radius 2 is 1.89 bits per heavy atom. The minimum atomic E-state index is -0.669. The maximum Gasteiger partial charge on any atom is 0.336 e. The van der Waals surface area contributed by atoms with Gasteiger partial charge in [0.15, 0.2) is 0 Å². The quantitative estimate of drug-likeness (QED) is 0.783. The largest absolute Gasteiger partial charge is 0.450 e. The van der Waals surface area contributed by atoms with Crippen LogP contribution in [0.4, 0.5) is 0 Å². The zero-order valence-electron chi connectivity index (χ0n) is 10.2. The van der Waals surface area contributed by atoms with Crippen LogP contribution in [-0.4, -0.2) is 12.3 Å². The minimum absolute atomic E-state index is 0.344. The van der Waals surface area contributed by atoms with E-state index >= 15 is 0 Å². The summed E-state index contributed by atoms with van der Waals surface area (Å²) in [5.74, 6) is 0.298. The van der Waals surface area contributed by atoms with Crippen molar-refractivity contribution < 1.29 is 14.3 Å². The molecule has 0 aliphatic carbocycles. The van der Waals surface area contributed by atoms with E-state index in [0.29, 0.717) is 16.3 Å². The lowest BCUT2D eigenvalue weighted by atomic mass is 10.1. The van der Waals surface area contributed by atoms with Crippen LogP contribution < -0.4 is 4.74 Å². The highest BCUT2D eigenvalue weighted by atomic mass is 35.5. The minimum Gasteiger partial charge on any atom is -0.450 e. The fraction of sp³-hybridized carbons (Fsp3) is 0.133. The molecule has 0 bridgehead atoms. The molecule has 19 heavy (non-hydrogen) atoms. The first-order valence-electron chi connectivity index (χ1n) is 5.88. The summed E-state index contributed by atoms with van der Waals surface area (Å²) in [4.78, 5) is 11.3. The van der Waals surface area contributed by atoms with Gasteiger partial charge in [0.25, 0.3) is 6.29 Å². The molecule has 1 aliphatic heterocycles. The second-order valence-corrected chi connectivity index (χ2v) is 4.74. The van der Waals surface area contributed by atoms with Gasteiger partial charge in [0.2, 0.25) is 0 Å². The van der Waals surface area contributed by atoms with Gasteiger partial charge in [-0.15, -0.1) is 0 Å². The Hall–Kier alpha value is -2.00. The predicted octanol–water partition coefficient (Wildman–Crippen LogP) is 3.70. The van der Waals surface area contributed by atoms with Crippen LogP contribution in [0.5, 0.6) is 5.75 Å². The molecule has 0 spiro atoms. The number of rotatable bonds is 2. The van der Waals surface area contributed by atoms with E-state index in [1.165, 1.54) is 0 Å². The molecule has 0 amide bonds. The maximum atomic E-state index is 11.3. The van der Waals surface area contributed by atoms with E-state index in [2.05, 4.69) is 0 Å². The summed E-state index contributed by atoms with van der Waals surface area (Å²) in [5.41, 5.74) is 0.559. The standard InChI is InChI=1S/C15H11ClO3/c1-9-8-14(19-15(9)17)18-13-7-6-12(16)10-4-2-3-5-11(10)13/h2-8,14H,1H3. The van der Waals surface area contributed by atoms with Gasteiger partial charge in [0, 0.05) is 27.4 Å². The Morgan fingerprint density at radius 1 is 1.16 bits per heavy atom. The summed E-state index contributed by atoms with van der Waals surface area (Å²) in [6.45, 7) is 1.70. The first kappa shape index (κ1) is 12.1. The number of esters is 1. The lowest BCUT2D eigenvalue weighted by Crippen LogP contribution is -2.15. The Morgan fingerprint density at radius 3 is 2.58 bits per heavy atom. The second-order valence-electron chi connectivity index (χ2n) is 4.33. The van der Waals surface area contributed by atoms with Gasteiger partial charge in [-0.2, -0.15) is 0 Å². The average Bonchev–Trinajstić information content (AvgIpc) is 2.72. The molecule has 0 saturated heterocycles. The highest BCUT2D eigenvalue weighted by molar-refractivity contribution is 6.35. The number of benzene rings is 2. The summed E-state index contributed by atoms with van der Waals surface area (Å²) < 4.78 is 10.8. The van der Waals surface area contributed by atoms with E-state index in [1.807, 2.05) is 24.3 Å². The molecule has 0 radical (unpaired) electrons. The zero-order valence-corrected chi connectivity index (χ0v) is 11.0. The van der Waals surface area contributed by atoms with Crippen LogP contribution in [0, 0.1) is 0 Å². The van der Waals surface area contributed by atoms with E-state index < -0.39 is 6.29 Å². The third-order valence-corrected chi connectivity index (χ3v) is 3.33. The van der Waals surface area contributed by atoms with Crippen molar-refractivity contribution >= 4 is 28.3 Å². The highest BCUT2D eigenvalue weighted by Gasteiger charge is 2.24. The molecule has 1 aliphatic rings. The molecule has 2 aromatic carbocycles. The summed E-state index contributed by atoms with van der Waals surface area (Å²) in [6.07, 6.45) is 0.989. The van der Waals surface area contributed by atoms with Crippen molar-refractivity contribution in [3.8, 4) is 5.75 Å². The van der Waals surface area contributed by atoms with E-state index in [0.717, 1.165) is 10.8 Å². The molecule has 0 fully saturated rings. The number of ether oxygens (including phenoxy) is 2. The lowest BCUT2D eigenvalue weighted by molar-refractivity contribution is -0.148. The monoisotopic (exact) mass is 274 g/mol. The van der Waals surface area contributed by atoms with E-state index in [4.69, 9.17) is 21.1 Å². The second kappa shape index (κ2) is 4.59. The summed E-state index contributed by atoms with van der Waals surface area (Å²) in [6, 6.07) is 11.2. The Bertz CT molecular complexity index is 691. The number of fused-ring (bicyclic) bond motifs is 1.